The molecular formula is C22H27N3O5. The van der Waals surface area contributed by atoms with Gasteiger partial charge >= 0.3 is 5.97 Å². The number of fused-ring (bicyclic) bond motifs is 4. The molecule has 4 rings (SSSR count). The van der Waals surface area contributed by atoms with Crippen molar-refractivity contribution in [1.82, 2.24) is 10.2 Å². The Hall–Kier alpha value is -2.74. The van der Waals surface area contributed by atoms with Crippen LogP contribution >= 0.6 is 0 Å². The zero-order valence-corrected chi connectivity index (χ0v) is 17.6. The lowest BCUT2D eigenvalue weighted by molar-refractivity contribution is -0.145. The van der Waals surface area contributed by atoms with E-state index in [0.29, 0.717) is 17.7 Å². The number of rotatable bonds is 5. The molecule has 30 heavy (non-hydrogen) atoms. The van der Waals surface area contributed by atoms with Crippen LogP contribution in [0.2, 0.25) is 0 Å². The Balaban J connectivity index is 1.87. The smallest absolute Gasteiger partial charge is 0.303 e. The summed E-state index contributed by atoms with van der Waals surface area (Å²) in [4.78, 5) is 52.7. The molecule has 0 aromatic heterocycles. The minimum Gasteiger partial charge on any atom is -0.481 e. The summed E-state index contributed by atoms with van der Waals surface area (Å²) in [5, 5.41) is 15.4. The Labute approximate surface area is 175 Å². The van der Waals surface area contributed by atoms with Crippen LogP contribution in [0.15, 0.2) is 12.1 Å². The fraction of sp³-hybridized carbons (Fsp3) is 0.545. The lowest BCUT2D eigenvalue weighted by Crippen LogP contribution is -2.54. The van der Waals surface area contributed by atoms with Crippen molar-refractivity contribution in [2.45, 2.75) is 64.6 Å². The summed E-state index contributed by atoms with van der Waals surface area (Å²) in [6, 6.07) is 2.89. The third-order valence-corrected chi connectivity index (χ3v) is 7.16. The first kappa shape index (κ1) is 20.5. The van der Waals surface area contributed by atoms with Gasteiger partial charge in [0.15, 0.2) is 0 Å². The lowest BCUT2D eigenvalue weighted by atomic mass is 9.76. The summed E-state index contributed by atoms with van der Waals surface area (Å²) in [6.07, 6.45) is 0.625. The van der Waals surface area contributed by atoms with Crippen LogP contribution in [0.1, 0.15) is 49.8 Å². The number of amides is 3. The molecule has 8 heteroatoms. The van der Waals surface area contributed by atoms with E-state index in [9.17, 15) is 24.3 Å². The Morgan fingerprint density at radius 1 is 1.23 bits per heavy atom. The molecule has 2 saturated heterocycles. The number of aliphatic carboxylic acids is 1. The lowest BCUT2D eigenvalue weighted by Gasteiger charge is -2.31. The van der Waals surface area contributed by atoms with Crippen molar-refractivity contribution in [3.63, 3.8) is 0 Å². The van der Waals surface area contributed by atoms with Crippen LogP contribution in [-0.2, 0) is 24.7 Å². The maximum Gasteiger partial charge on any atom is 0.303 e. The van der Waals surface area contributed by atoms with Gasteiger partial charge in [0.05, 0.1) is 11.8 Å². The van der Waals surface area contributed by atoms with E-state index in [-0.39, 0.29) is 36.6 Å². The van der Waals surface area contributed by atoms with Gasteiger partial charge in [0, 0.05) is 29.8 Å². The first-order valence-electron chi connectivity index (χ1n) is 10.4. The summed E-state index contributed by atoms with van der Waals surface area (Å²) < 4.78 is 0. The average Bonchev–Trinajstić information content (AvgIpc) is 3.28. The predicted octanol–water partition coefficient (Wildman–Crippen LogP) is 1.69. The molecule has 0 bridgehead atoms. The molecule has 3 aliphatic heterocycles. The highest BCUT2D eigenvalue weighted by molar-refractivity contribution is 6.15. The van der Waals surface area contributed by atoms with Gasteiger partial charge < -0.3 is 10.4 Å². The SMILES string of the molecule is CCC(C)N1C(=O)[C@@H]2C(CCC(=O)O)NC3(C(=O)Nc4c3ccc(C)c4C)[C@@H]2C1=O. The average molecular weight is 413 g/mol. The minimum atomic E-state index is -1.36. The number of nitrogens with zero attached hydrogens (tertiary/aromatic N) is 1. The Bertz CT molecular complexity index is 974. The Morgan fingerprint density at radius 2 is 1.93 bits per heavy atom. The first-order chi connectivity index (χ1) is 14.1. The molecule has 0 aliphatic carbocycles. The van der Waals surface area contributed by atoms with Crippen molar-refractivity contribution in [3.05, 3.63) is 28.8 Å². The number of benzene rings is 1. The molecule has 8 nitrogen and oxygen atoms in total. The standard InChI is InChI=1S/C22H27N3O5/c1-5-11(3)25-19(28)16-14(8-9-15(26)27)24-22(17(16)20(25)29)13-7-6-10(2)12(4)18(13)23-21(22)30/h6-7,11,14,16-17,24H,5,8-9H2,1-4H3,(H,23,30)(H,26,27)/t11?,14?,16-,17+,22?/m1/s1. The highest BCUT2D eigenvalue weighted by Gasteiger charge is 2.70. The molecule has 5 atom stereocenters. The Morgan fingerprint density at radius 3 is 2.57 bits per heavy atom. The number of likely N-dealkylation sites (tertiary alicyclic amines) is 1. The van der Waals surface area contributed by atoms with Gasteiger partial charge in [-0.25, -0.2) is 0 Å². The normalized spacial score (nSPS) is 30.6. The van der Waals surface area contributed by atoms with Crippen LogP contribution in [-0.4, -0.2) is 45.8 Å². The highest BCUT2D eigenvalue weighted by atomic mass is 16.4. The molecule has 3 N–H and O–H groups in total. The van der Waals surface area contributed by atoms with E-state index < -0.39 is 29.4 Å². The zero-order valence-electron chi connectivity index (χ0n) is 17.6. The zero-order chi connectivity index (χ0) is 22.0. The summed E-state index contributed by atoms with van der Waals surface area (Å²) in [7, 11) is 0. The second-order valence-corrected chi connectivity index (χ2v) is 8.68. The number of carbonyl (C=O) groups is 4. The number of aryl methyl sites for hydroxylation is 1. The molecule has 3 aliphatic rings. The number of hydrogen-bond donors (Lipinski definition) is 3. The van der Waals surface area contributed by atoms with Crippen LogP contribution in [0, 0.1) is 25.7 Å². The molecule has 160 valence electrons. The summed E-state index contributed by atoms with van der Waals surface area (Å²) >= 11 is 0. The van der Waals surface area contributed by atoms with Crippen LogP contribution in [0.3, 0.4) is 0 Å². The fourth-order valence-corrected chi connectivity index (χ4v) is 5.29. The van der Waals surface area contributed by atoms with Crippen LogP contribution in [0.4, 0.5) is 5.69 Å². The van der Waals surface area contributed by atoms with Gasteiger partial charge in [0.2, 0.25) is 17.7 Å². The topological polar surface area (TPSA) is 116 Å². The minimum absolute atomic E-state index is 0.150. The molecule has 1 aromatic carbocycles. The van der Waals surface area contributed by atoms with E-state index in [2.05, 4.69) is 10.6 Å². The van der Waals surface area contributed by atoms with Crippen LogP contribution in [0.25, 0.3) is 0 Å². The third kappa shape index (κ3) is 2.56. The van der Waals surface area contributed by atoms with E-state index in [1.54, 1.807) is 0 Å². The van der Waals surface area contributed by atoms with E-state index in [4.69, 9.17) is 0 Å². The first-order valence-corrected chi connectivity index (χ1v) is 10.4. The maximum atomic E-state index is 13.5. The van der Waals surface area contributed by atoms with Crippen molar-refractivity contribution in [1.29, 1.82) is 0 Å². The summed E-state index contributed by atoms with van der Waals surface area (Å²) in [5.74, 6) is -3.65. The third-order valence-electron chi connectivity index (χ3n) is 7.16. The van der Waals surface area contributed by atoms with E-state index in [1.807, 2.05) is 39.8 Å². The van der Waals surface area contributed by atoms with Crippen molar-refractivity contribution in [2.75, 3.05) is 5.32 Å². The monoisotopic (exact) mass is 413 g/mol. The highest BCUT2D eigenvalue weighted by Crippen LogP contribution is 2.54. The van der Waals surface area contributed by atoms with Crippen LogP contribution in [0.5, 0.6) is 0 Å². The number of hydrogen-bond acceptors (Lipinski definition) is 5. The maximum absolute atomic E-state index is 13.5. The van der Waals surface area contributed by atoms with Crippen molar-refractivity contribution >= 4 is 29.4 Å². The van der Waals surface area contributed by atoms with E-state index in [1.165, 1.54) is 4.90 Å². The molecule has 3 amide bonds. The van der Waals surface area contributed by atoms with Crippen molar-refractivity contribution in [3.8, 4) is 0 Å². The second kappa shape index (κ2) is 6.91. The molecule has 1 spiro atoms. The van der Waals surface area contributed by atoms with Gasteiger partial charge in [-0.15, -0.1) is 0 Å². The molecule has 3 heterocycles. The van der Waals surface area contributed by atoms with Crippen molar-refractivity contribution in [2.24, 2.45) is 11.8 Å². The molecule has 0 radical (unpaired) electrons. The summed E-state index contributed by atoms with van der Waals surface area (Å²) in [5.41, 5.74) is 1.90. The molecule has 0 saturated carbocycles. The van der Waals surface area contributed by atoms with Gasteiger partial charge in [0.25, 0.3) is 0 Å². The van der Waals surface area contributed by atoms with Gasteiger partial charge in [-0.2, -0.15) is 0 Å². The van der Waals surface area contributed by atoms with Gasteiger partial charge in [0.1, 0.15) is 5.54 Å². The van der Waals surface area contributed by atoms with E-state index >= 15 is 0 Å². The van der Waals surface area contributed by atoms with Gasteiger partial charge in [-0.3, -0.25) is 29.4 Å². The van der Waals surface area contributed by atoms with E-state index in [0.717, 1.165) is 11.1 Å². The quantitative estimate of drug-likeness (QED) is 0.633. The molecule has 1 aromatic rings. The molecule has 3 unspecified atom stereocenters. The Kier molecular flexibility index (Phi) is 4.73. The number of imide groups is 1. The van der Waals surface area contributed by atoms with Gasteiger partial charge in [-0.05, 0) is 44.7 Å². The number of carboxylic acids is 1. The number of carbonyl (C=O) groups excluding carboxylic acids is 3. The summed E-state index contributed by atoms with van der Waals surface area (Å²) in [6.45, 7) is 7.58. The second-order valence-electron chi connectivity index (χ2n) is 8.68. The number of carboxylic acid groups (broad SMARTS) is 1. The molecule has 2 fully saturated rings. The number of nitrogens with one attached hydrogen (secondary N) is 2. The predicted molar refractivity (Wildman–Crippen MR) is 109 cm³/mol. The number of anilines is 1. The fourth-order valence-electron chi connectivity index (χ4n) is 5.29. The molecular weight excluding hydrogens is 386 g/mol. The van der Waals surface area contributed by atoms with Gasteiger partial charge in [-0.1, -0.05) is 19.1 Å². The van der Waals surface area contributed by atoms with Crippen molar-refractivity contribution < 1.29 is 24.3 Å². The van der Waals surface area contributed by atoms with Crippen LogP contribution < -0.4 is 10.6 Å². The largest absolute Gasteiger partial charge is 0.481 e.